The number of carboxylic acid groups (broad SMARTS) is 1. The molecule has 1 heterocycles. The van der Waals surface area contributed by atoms with Crippen LogP contribution in [0.15, 0.2) is 42.7 Å². The number of rotatable bonds is 5. The van der Waals surface area contributed by atoms with Crippen molar-refractivity contribution in [3.63, 3.8) is 0 Å². The average molecular weight is 256 g/mol. The molecule has 4 nitrogen and oxygen atoms in total. The normalized spacial score (nSPS) is 10.2. The zero-order valence-electron chi connectivity index (χ0n) is 10.8. The molecule has 4 heteroatoms. The lowest BCUT2D eigenvalue weighted by molar-refractivity contribution is 0.0698. The summed E-state index contributed by atoms with van der Waals surface area (Å²) in [4.78, 5) is 15.0. The smallest absolute Gasteiger partial charge is 0.337 e. The van der Waals surface area contributed by atoms with Crippen LogP contribution in [0, 0.1) is 0 Å². The van der Waals surface area contributed by atoms with E-state index in [1.807, 2.05) is 18.2 Å². The molecule has 0 aliphatic rings. The topological polar surface area (TPSA) is 62.2 Å². The average Bonchev–Trinajstić information content (AvgIpc) is 2.45. The Morgan fingerprint density at radius 1 is 1.26 bits per heavy atom. The molecule has 0 atom stereocenters. The van der Waals surface area contributed by atoms with Crippen LogP contribution in [0.4, 0.5) is 5.69 Å². The summed E-state index contributed by atoms with van der Waals surface area (Å²) in [6.45, 7) is 2.70. The van der Waals surface area contributed by atoms with Crippen molar-refractivity contribution < 1.29 is 9.90 Å². The van der Waals surface area contributed by atoms with Crippen LogP contribution in [0.1, 0.15) is 28.4 Å². The van der Waals surface area contributed by atoms with E-state index in [0.29, 0.717) is 12.2 Å². The van der Waals surface area contributed by atoms with Crippen molar-refractivity contribution in [1.82, 2.24) is 4.98 Å². The number of benzene rings is 1. The van der Waals surface area contributed by atoms with E-state index in [9.17, 15) is 4.79 Å². The predicted molar refractivity (Wildman–Crippen MR) is 74.3 cm³/mol. The fourth-order valence-electron chi connectivity index (χ4n) is 1.99. The van der Waals surface area contributed by atoms with Crippen LogP contribution in [0.3, 0.4) is 0 Å². The van der Waals surface area contributed by atoms with Gasteiger partial charge >= 0.3 is 5.97 Å². The Bertz CT molecular complexity index is 582. The molecule has 98 valence electrons. The Balaban J connectivity index is 2.17. The van der Waals surface area contributed by atoms with Crippen molar-refractivity contribution in [2.75, 3.05) is 5.32 Å². The number of aromatic carboxylic acids is 1. The van der Waals surface area contributed by atoms with Gasteiger partial charge in [0.25, 0.3) is 0 Å². The number of nitrogens with zero attached hydrogens (tertiary/aromatic N) is 1. The Morgan fingerprint density at radius 2 is 2.00 bits per heavy atom. The standard InChI is InChI=1S/C15H16N2O2/c1-2-11-5-3-4-6-12(11)9-17-14-10-16-8-7-13(14)15(18)19/h3-8,10,17H,2,9H2,1H3,(H,18,19). The molecule has 2 aromatic rings. The van der Waals surface area contributed by atoms with Gasteiger partial charge in [-0.15, -0.1) is 0 Å². The molecule has 0 radical (unpaired) electrons. The van der Waals surface area contributed by atoms with Gasteiger partial charge in [-0.3, -0.25) is 4.98 Å². The summed E-state index contributed by atoms with van der Waals surface area (Å²) in [7, 11) is 0. The summed E-state index contributed by atoms with van der Waals surface area (Å²) in [6.07, 6.45) is 3.98. The molecule has 2 N–H and O–H groups in total. The third-order valence-corrected chi connectivity index (χ3v) is 3.02. The van der Waals surface area contributed by atoms with Gasteiger partial charge in [-0.25, -0.2) is 4.79 Å². The maximum Gasteiger partial charge on any atom is 0.337 e. The second kappa shape index (κ2) is 6.00. The van der Waals surface area contributed by atoms with E-state index in [1.165, 1.54) is 29.6 Å². The van der Waals surface area contributed by atoms with Gasteiger partial charge < -0.3 is 10.4 Å². The molecule has 0 unspecified atom stereocenters. The van der Waals surface area contributed by atoms with E-state index in [0.717, 1.165) is 6.42 Å². The summed E-state index contributed by atoms with van der Waals surface area (Å²) in [5.74, 6) is -0.950. The molecule has 0 saturated heterocycles. The van der Waals surface area contributed by atoms with E-state index in [2.05, 4.69) is 23.3 Å². The lowest BCUT2D eigenvalue weighted by atomic mass is 10.1. The van der Waals surface area contributed by atoms with Gasteiger partial charge in [0.15, 0.2) is 0 Å². The summed E-state index contributed by atoms with van der Waals surface area (Å²) in [5.41, 5.74) is 3.21. The molecule has 1 aromatic heterocycles. The molecule has 0 aliphatic heterocycles. The van der Waals surface area contributed by atoms with Crippen LogP contribution in [0.5, 0.6) is 0 Å². The van der Waals surface area contributed by atoms with E-state index in [1.54, 1.807) is 0 Å². The van der Waals surface area contributed by atoms with Crippen molar-refractivity contribution in [2.24, 2.45) is 0 Å². The van der Waals surface area contributed by atoms with Crippen LogP contribution in [0.25, 0.3) is 0 Å². The SMILES string of the molecule is CCc1ccccc1CNc1cnccc1C(=O)O. The third kappa shape index (κ3) is 3.10. The minimum atomic E-state index is -0.950. The molecule has 0 spiro atoms. The van der Waals surface area contributed by atoms with Gasteiger partial charge in [0.05, 0.1) is 17.4 Å². The lowest BCUT2D eigenvalue weighted by Gasteiger charge is -2.11. The Labute approximate surface area is 112 Å². The highest BCUT2D eigenvalue weighted by atomic mass is 16.4. The minimum Gasteiger partial charge on any atom is -0.478 e. The van der Waals surface area contributed by atoms with Crippen LogP contribution < -0.4 is 5.32 Å². The summed E-state index contributed by atoms with van der Waals surface area (Å²) >= 11 is 0. The van der Waals surface area contributed by atoms with Crippen LogP contribution >= 0.6 is 0 Å². The Kier molecular flexibility index (Phi) is 4.13. The number of pyridine rings is 1. The molecular formula is C15H16N2O2. The molecule has 2 rings (SSSR count). The first kappa shape index (κ1) is 13.1. The Hall–Kier alpha value is -2.36. The zero-order chi connectivity index (χ0) is 13.7. The van der Waals surface area contributed by atoms with Crippen LogP contribution in [-0.2, 0) is 13.0 Å². The lowest BCUT2D eigenvalue weighted by Crippen LogP contribution is -2.08. The van der Waals surface area contributed by atoms with Crippen molar-refractivity contribution in [3.8, 4) is 0 Å². The fourth-order valence-corrected chi connectivity index (χ4v) is 1.99. The van der Waals surface area contributed by atoms with Crippen molar-refractivity contribution in [1.29, 1.82) is 0 Å². The zero-order valence-corrected chi connectivity index (χ0v) is 10.8. The third-order valence-electron chi connectivity index (χ3n) is 3.02. The maximum atomic E-state index is 11.1. The van der Waals surface area contributed by atoms with Crippen molar-refractivity contribution in [2.45, 2.75) is 19.9 Å². The van der Waals surface area contributed by atoms with Crippen molar-refractivity contribution in [3.05, 3.63) is 59.4 Å². The van der Waals surface area contributed by atoms with Gasteiger partial charge in [0, 0.05) is 12.7 Å². The highest BCUT2D eigenvalue weighted by Gasteiger charge is 2.09. The van der Waals surface area contributed by atoms with Crippen LogP contribution in [-0.4, -0.2) is 16.1 Å². The van der Waals surface area contributed by atoms with Gasteiger partial charge in [-0.05, 0) is 23.6 Å². The van der Waals surface area contributed by atoms with Crippen LogP contribution in [0.2, 0.25) is 0 Å². The first-order valence-electron chi connectivity index (χ1n) is 6.20. The molecule has 0 fully saturated rings. The number of carboxylic acids is 1. The van der Waals surface area contributed by atoms with E-state index >= 15 is 0 Å². The molecule has 0 saturated carbocycles. The molecule has 0 amide bonds. The molecule has 1 aromatic carbocycles. The molecule has 19 heavy (non-hydrogen) atoms. The monoisotopic (exact) mass is 256 g/mol. The number of aromatic nitrogens is 1. The van der Waals surface area contributed by atoms with Gasteiger partial charge in [-0.2, -0.15) is 0 Å². The summed E-state index contributed by atoms with van der Waals surface area (Å²) in [6, 6.07) is 9.62. The molecule has 0 bridgehead atoms. The van der Waals surface area contributed by atoms with Gasteiger partial charge in [-0.1, -0.05) is 31.2 Å². The van der Waals surface area contributed by atoms with E-state index in [-0.39, 0.29) is 5.56 Å². The number of hydrogen-bond acceptors (Lipinski definition) is 3. The first-order chi connectivity index (χ1) is 9.22. The second-order valence-corrected chi connectivity index (χ2v) is 4.20. The number of carbonyl (C=O) groups is 1. The highest BCUT2D eigenvalue weighted by Crippen LogP contribution is 2.16. The number of anilines is 1. The quantitative estimate of drug-likeness (QED) is 0.863. The van der Waals surface area contributed by atoms with E-state index in [4.69, 9.17) is 5.11 Å². The summed E-state index contributed by atoms with van der Waals surface area (Å²) < 4.78 is 0. The highest BCUT2D eigenvalue weighted by molar-refractivity contribution is 5.93. The molecule has 0 aliphatic carbocycles. The summed E-state index contributed by atoms with van der Waals surface area (Å²) in [5, 5.41) is 12.2. The largest absolute Gasteiger partial charge is 0.478 e. The first-order valence-corrected chi connectivity index (χ1v) is 6.20. The second-order valence-electron chi connectivity index (χ2n) is 4.20. The molecular weight excluding hydrogens is 240 g/mol. The number of aryl methyl sites for hydroxylation is 1. The predicted octanol–water partition coefficient (Wildman–Crippen LogP) is 2.95. The van der Waals surface area contributed by atoms with E-state index < -0.39 is 5.97 Å². The fraction of sp³-hybridized carbons (Fsp3) is 0.200. The number of nitrogens with one attached hydrogen (secondary N) is 1. The van der Waals surface area contributed by atoms with Crippen molar-refractivity contribution >= 4 is 11.7 Å². The Morgan fingerprint density at radius 3 is 2.68 bits per heavy atom. The van der Waals surface area contributed by atoms with Gasteiger partial charge in [0.2, 0.25) is 0 Å². The number of hydrogen-bond donors (Lipinski definition) is 2. The maximum absolute atomic E-state index is 11.1. The van der Waals surface area contributed by atoms with Gasteiger partial charge in [0.1, 0.15) is 0 Å². The minimum absolute atomic E-state index is 0.240.